The zero-order valence-corrected chi connectivity index (χ0v) is 17.7. The minimum atomic E-state index is -0.883. The lowest BCUT2D eigenvalue weighted by molar-refractivity contribution is -0.0186. The highest BCUT2D eigenvalue weighted by Gasteiger charge is 2.31. The van der Waals surface area contributed by atoms with Gasteiger partial charge in [0.25, 0.3) is 0 Å². The summed E-state index contributed by atoms with van der Waals surface area (Å²) >= 11 is 0. The second-order valence-corrected chi connectivity index (χ2v) is 8.10. The van der Waals surface area contributed by atoms with E-state index in [4.69, 9.17) is 15.2 Å². The summed E-state index contributed by atoms with van der Waals surface area (Å²) in [5.74, 6) is 0.705. The first-order valence-electron chi connectivity index (χ1n) is 9.78. The first-order valence-corrected chi connectivity index (χ1v) is 9.78. The number of rotatable bonds is 7. The molecule has 0 unspecified atom stereocenters. The summed E-state index contributed by atoms with van der Waals surface area (Å²) in [7, 11) is 1.96. The van der Waals surface area contributed by atoms with Gasteiger partial charge in [0.05, 0.1) is 16.6 Å². The Morgan fingerprint density at radius 3 is 2.77 bits per heavy atom. The monoisotopic (exact) mass is 406 g/mol. The third kappa shape index (κ3) is 4.54. The first-order chi connectivity index (χ1) is 14.2. The van der Waals surface area contributed by atoms with Crippen LogP contribution in [0.4, 0.5) is 4.79 Å². The van der Waals surface area contributed by atoms with Crippen LogP contribution in [0.15, 0.2) is 42.7 Å². The van der Waals surface area contributed by atoms with E-state index in [1.165, 1.54) is 0 Å². The molecule has 0 bridgehead atoms. The van der Waals surface area contributed by atoms with Gasteiger partial charge in [-0.25, -0.2) is 4.79 Å². The fraction of sp³-hybridized carbons (Fsp3) is 0.348. The van der Waals surface area contributed by atoms with Crippen molar-refractivity contribution < 1.29 is 14.3 Å². The van der Waals surface area contributed by atoms with Crippen LogP contribution < -0.4 is 10.5 Å². The molecule has 0 aliphatic heterocycles. The second kappa shape index (κ2) is 8.46. The molecule has 1 aromatic carbocycles. The molecule has 0 aliphatic carbocycles. The van der Waals surface area contributed by atoms with Gasteiger partial charge in [0, 0.05) is 25.0 Å². The normalized spacial score (nSPS) is 13.1. The number of nitriles is 1. The summed E-state index contributed by atoms with van der Waals surface area (Å²) in [6.45, 7) is 5.93. The van der Waals surface area contributed by atoms with Gasteiger partial charge in [-0.2, -0.15) is 5.26 Å². The molecule has 156 valence electrons. The minimum absolute atomic E-state index is 0.0967. The molecule has 1 amide bonds. The van der Waals surface area contributed by atoms with Crippen molar-refractivity contribution in [1.82, 2.24) is 9.55 Å². The zero-order valence-electron chi connectivity index (χ0n) is 17.7. The van der Waals surface area contributed by atoms with Gasteiger partial charge in [0.1, 0.15) is 24.0 Å². The Morgan fingerprint density at radius 2 is 2.10 bits per heavy atom. The van der Waals surface area contributed by atoms with Crippen molar-refractivity contribution in [1.29, 1.82) is 5.26 Å². The summed E-state index contributed by atoms with van der Waals surface area (Å²) < 4.78 is 13.2. The maximum absolute atomic E-state index is 11.3. The van der Waals surface area contributed by atoms with Gasteiger partial charge in [-0.1, -0.05) is 19.9 Å². The molecule has 0 aliphatic rings. The highest BCUT2D eigenvalue weighted by molar-refractivity contribution is 5.92. The van der Waals surface area contributed by atoms with E-state index in [9.17, 15) is 10.1 Å². The smallest absolute Gasteiger partial charge is 0.405 e. The number of aromatic nitrogens is 2. The van der Waals surface area contributed by atoms with Crippen LogP contribution in [0, 0.1) is 17.2 Å². The summed E-state index contributed by atoms with van der Waals surface area (Å²) in [6.07, 6.45) is 3.45. The number of carbonyl (C=O) groups is 1. The number of ether oxygens (including phenoxy) is 2. The van der Waals surface area contributed by atoms with Gasteiger partial charge < -0.3 is 19.8 Å². The number of amides is 1. The Morgan fingerprint density at radius 1 is 1.33 bits per heavy atom. The number of nitrogens with two attached hydrogens (primary N) is 1. The summed E-state index contributed by atoms with van der Waals surface area (Å²) in [5, 5.41) is 9.69. The van der Waals surface area contributed by atoms with Crippen molar-refractivity contribution in [2.75, 3.05) is 6.61 Å². The molecule has 2 N–H and O–H groups in total. The van der Waals surface area contributed by atoms with Gasteiger partial charge >= 0.3 is 6.09 Å². The molecule has 7 heteroatoms. The Kier molecular flexibility index (Phi) is 5.97. The lowest BCUT2D eigenvalue weighted by Gasteiger charge is -2.30. The molecule has 7 nitrogen and oxygen atoms in total. The van der Waals surface area contributed by atoms with E-state index < -0.39 is 11.7 Å². The highest BCUT2D eigenvalue weighted by atomic mass is 16.6. The number of hydrogen-bond donors (Lipinski definition) is 1. The summed E-state index contributed by atoms with van der Waals surface area (Å²) in [4.78, 5) is 15.7. The molecule has 0 fully saturated rings. The number of nitrogens with zero attached hydrogens (tertiary/aromatic N) is 3. The molecule has 3 aromatic rings. The molecule has 0 spiro atoms. The molecule has 0 radical (unpaired) electrons. The number of pyridine rings is 1. The first kappa shape index (κ1) is 21.2. The largest absolute Gasteiger partial charge is 0.488 e. The van der Waals surface area contributed by atoms with Gasteiger partial charge in [-0.3, -0.25) is 4.98 Å². The van der Waals surface area contributed by atoms with E-state index in [0.29, 0.717) is 17.7 Å². The topological polar surface area (TPSA) is 103 Å². The molecule has 2 aromatic heterocycles. The molecule has 0 saturated carbocycles. The molecule has 30 heavy (non-hydrogen) atoms. The van der Waals surface area contributed by atoms with E-state index in [1.807, 2.05) is 49.9 Å². The predicted octanol–water partition coefficient (Wildman–Crippen LogP) is 4.39. The van der Waals surface area contributed by atoms with E-state index in [2.05, 4.69) is 11.1 Å². The Bertz CT molecular complexity index is 1110. The van der Waals surface area contributed by atoms with Crippen molar-refractivity contribution in [3.05, 3.63) is 48.3 Å². The average Bonchev–Trinajstić information content (AvgIpc) is 3.06. The SMILES string of the molecule is CC(C)C[C@@](C)(COc1ccc(-c2ccnc3ccn(C)c23)cc1C#N)OC(N)=O. The molecular formula is C23H26N4O3. The zero-order chi connectivity index (χ0) is 21.9. The number of aryl methyl sites for hydroxylation is 1. The van der Waals surface area contributed by atoms with Crippen LogP contribution in [-0.2, 0) is 11.8 Å². The second-order valence-electron chi connectivity index (χ2n) is 8.10. The fourth-order valence-corrected chi connectivity index (χ4v) is 3.83. The minimum Gasteiger partial charge on any atom is -0.488 e. The van der Waals surface area contributed by atoms with Gasteiger partial charge in [0.15, 0.2) is 0 Å². The Labute approximate surface area is 176 Å². The van der Waals surface area contributed by atoms with Crippen LogP contribution in [0.1, 0.15) is 32.8 Å². The number of benzene rings is 1. The lowest BCUT2D eigenvalue weighted by atomic mass is 9.95. The quantitative estimate of drug-likeness (QED) is 0.627. The fourth-order valence-electron chi connectivity index (χ4n) is 3.83. The van der Waals surface area contributed by atoms with Crippen LogP contribution in [0.3, 0.4) is 0 Å². The van der Waals surface area contributed by atoms with E-state index in [0.717, 1.165) is 22.2 Å². The van der Waals surface area contributed by atoms with Crippen molar-refractivity contribution in [3.63, 3.8) is 0 Å². The third-order valence-electron chi connectivity index (χ3n) is 4.89. The van der Waals surface area contributed by atoms with Gasteiger partial charge in [0.2, 0.25) is 0 Å². The van der Waals surface area contributed by atoms with E-state index in [-0.39, 0.29) is 12.5 Å². The van der Waals surface area contributed by atoms with Crippen molar-refractivity contribution >= 4 is 17.1 Å². The maximum atomic E-state index is 11.3. The maximum Gasteiger partial charge on any atom is 0.405 e. The Balaban J connectivity index is 1.90. The van der Waals surface area contributed by atoms with Crippen LogP contribution in [-0.4, -0.2) is 27.9 Å². The number of carbonyl (C=O) groups excluding carboxylic acids is 1. The van der Waals surface area contributed by atoms with E-state index >= 15 is 0 Å². The van der Waals surface area contributed by atoms with E-state index in [1.54, 1.807) is 25.3 Å². The lowest BCUT2D eigenvalue weighted by Crippen LogP contribution is -2.41. The molecule has 2 heterocycles. The predicted molar refractivity (Wildman–Crippen MR) is 115 cm³/mol. The summed E-state index contributed by atoms with van der Waals surface area (Å²) in [6, 6.07) is 11.6. The summed E-state index contributed by atoms with van der Waals surface area (Å²) in [5.41, 5.74) is 8.52. The Hall–Kier alpha value is -3.53. The van der Waals surface area contributed by atoms with Crippen LogP contribution in [0.5, 0.6) is 5.75 Å². The molecular weight excluding hydrogens is 380 g/mol. The van der Waals surface area contributed by atoms with Crippen LogP contribution >= 0.6 is 0 Å². The standard InChI is InChI=1S/C23H26N4O3/c1-15(2)12-23(3,30-22(25)28)14-29-20-6-5-16(11-17(20)13-24)18-7-9-26-19-8-10-27(4)21(18)19/h5-11,15H,12,14H2,1-4H3,(H2,25,28)/t23-/m0/s1. The highest BCUT2D eigenvalue weighted by Crippen LogP contribution is 2.32. The molecule has 3 rings (SSSR count). The van der Waals surface area contributed by atoms with Crippen molar-refractivity contribution in [3.8, 4) is 22.9 Å². The molecule has 0 saturated heterocycles. The average molecular weight is 406 g/mol. The third-order valence-corrected chi connectivity index (χ3v) is 4.89. The van der Waals surface area contributed by atoms with Gasteiger partial charge in [-0.05, 0) is 49.1 Å². The number of hydrogen-bond acceptors (Lipinski definition) is 5. The number of primary amides is 1. The van der Waals surface area contributed by atoms with Crippen LogP contribution in [0.25, 0.3) is 22.2 Å². The van der Waals surface area contributed by atoms with Gasteiger partial charge in [-0.15, -0.1) is 0 Å². The number of fused-ring (bicyclic) bond motifs is 1. The molecule has 1 atom stereocenters. The van der Waals surface area contributed by atoms with Crippen LogP contribution in [0.2, 0.25) is 0 Å². The van der Waals surface area contributed by atoms with Crippen molar-refractivity contribution in [2.24, 2.45) is 18.7 Å². The van der Waals surface area contributed by atoms with Crippen molar-refractivity contribution in [2.45, 2.75) is 32.8 Å².